The van der Waals surface area contributed by atoms with Crippen LogP contribution in [-0.4, -0.2) is 0 Å². The molecule has 0 bridgehead atoms. The Morgan fingerprint density at radius 2 is 2.00 bits per heavy atom. The van der Waals surface area contributed by atoms with E-state index in [0.717, 1.165) is 6.42 Å². The Bertz CT molecular complexity index is 176. The van der Waals surface area contributed by atoms with Gasteiger partial charge in [-0.3, -0.25) is 0 Å². The fraction of sp³-hybridized carbons (Fsp3) is 0.500. The normalized spacial score (nSPS) is 9.42. The predicted molar refractivity (Wildman–Crippen MR) is 55.9 cm³/mol. The van der Waals surface area contributed by atoms with Gasteiger partial charge < -0.3 is 0 Å². The lowest BCUT2D eigenvalue weighted by molar-refractivity contribution is 0.674. The van der Waals surface area contributed by atoms with E-state index in [2.05, 4.69) is 31.4 Å². The first-order valence-electron chi connectivity index (χ1n) is 4.68. The topological polar surface area (TPSA) is 0 Å². The average Bonchev–Trinajstić information content (AvgIpc) is 2.10. The second-order valence-corrected chi connectivity index (χ2v) is 2.74. The highest BCUT2D eigenvalue weighted by molar-refractivity contribution is 5.21. The molecule has 66 valence electrons. The third-order valence-corrected chi connectivity index (χ3v) is 1.61. The second-order valence-electron chi connectivity index (χ2n) is 2.74. The van der Waals surface area contributed by atoms with E-state index < -0.39 is 0 Å². The van der Waals surface area contributed by atoms with Crippen molar-refractivity contribution in [3.05, 3.63) is 24.8 Å². The summed E-state index contributed by atoms with van der Waals surface area (Å²) in [6.45, 7) is 5.74. The number of hydrogen-bond donors (Lipinski definition) is 0. The lowest BCUT2D eigenvalue weighted by Gasteiger charge is -1.92. The molecule has 0 aromatic carbocycles. The van der Waals surface area contributed by atoms with Gasteiger partial charge in [0.25, 0.3) is 0 Å². The minimum atomic E-state index is 1.16. The molecule has 0 aliphatic rings. The van der Waals surface area contributed by atoms with E-state index in [-0.39, 0.29) is 0 Å². The van der Waals surface area contributed by atoms with Gasteiger partial charge in [0.1, 0.15) is 0 Å². The van der Waals surface area contributed by atoms with Crippen molar-refractivity contribution < 1.29 is 0 Å². The van der Waals surface area contributed by atoms with Gasteiger partial charge >= 0.3 is 0 Å². The molecule has 0 heteroatoms. The Balaban J connectivity index is 3.18. The zero-order valence-corrected chi connectivity index (χ0v) is 7.97. The van der Waals surface area contributed by atoms with Gasteiger partial charge in [-0.2, -0.15) is 0 Å². The second kappa shape index (κ2) is 10.0. The summed E-state index contributed by atoms with van der Waals surface area (Å²) in [5, 5.41) is 0. The zero-order chi connectivity index (χ0) is 9.07. The number of hydrogen-bond acceptors (Lipinski definition) is 0. The van der Waals surface area contributed by atoms with Crippen molar-refractivity contribution in [1.82, 2.24) is 0 Å². The molecule has 0 heterocycles. The molecule has 0 atom stereocenters. The van der Waals surface area contributed by atoms with Crippen LogP contribution in [0, 0.1) is 11.8 Å². The molecular formula is C12H18. The van der Waals surface area contributed by atoms with Crippen LogP contribution in [0.25, 0.3) is 0 Å². The van der Waals surface area contributed by atoms with Crippen molar-refractivity contribution in [2.24, 2.45) is 0 Å². The first-order chi connectivity index (χ1) is 5.91. The highest BCUT2D eigenvalue weighted by Crippen LogP contribution is 2.02. The summed E-state index contributed by atoms with van der Waals surface area (Å²) < 4.78 is 0. The van der Waals surface area contributed by atoms with Gasteiger partial charge in [0.05, 0.1) is 0 Å². The molecule has 0 saturated carbocycles. The Labute approximate surface area is 76.4 Å². The minimum absolute atomic E-state index is 1.16. The first-order valence-corrected chi connectivity index (χ1v) is 4.68. The molecule has 0 rings (SSSR count). The van der Waals surface area contributed by atoms with Crippen molar-refractivity contribution >= 4 is 0 Å². The Morgan fingerprint density at radius 3 is 2.67 bits per heavy atom. The molecule has 0 fully saturated rings. The van der Waals surface area contributed by atoms with E-state index in [4.69, 9.17) is 0 Å². The first kappa shape index (κ1) is 11.0. The van der Waals surface area contributed by atoms with Gasteiger partial charge in [-0.25, -0.2) is 0 Å². The van der Waals surface area contributed by atoms with Crippen LogP contribution in [0.1, 0.15) is 39.0 Å². The highest BCUT2D eigenvalue weighted by Gasteiger charge is 1.82. The molecule has 12 heavy (non-hydrogen) atoms. The zero-order valence-electron chi connectivity index (χ0n) is 7.97. The maximum absolute atomic E-state index is 3.51. The van der Waals surface area contributed by atoms with Crippen LogP contribution in [0.2, 0.25) is 0 Å². The molecule has 0 radical (unpaired) electrons. The monoisotopic (exact) mass is 162 g/mol. The largest absolute Gasteiger partial charge is 0.0906 e. The van der Waals surface area contributed by atoms with Gasteiger partial charge in [0, 0.05) is 0 Å². The van der Waals surface area contributed by atoms with Crippen LogP contribution in [-0.2, 0) is 0 Å². The summed E-state index contributed by atoms with van der Waals surface area (Å²) in [7, 11) is 0. The molecule has 0 aromatic heterocycles. The molecule has 0 N–H and O–H groups in total. The summed E-state index contributed by atoms with van der Waals surface area (Å²) in [4.78, 5) is 0. The van der Waals surface area contributed by atoms with E-state index in [0.29, 0.717) is 0 Å². The predicted octanol–water partition coefficient (Wildman–Crippen LogP) is 3.70. The quantitative estimate of drug-likeness (QED) is 0.427. The molecule has 0 aromatic rings. The molecular weight excluding hydrogens is 144 g/mol. The molecule has 0 nitrogen and oxygen atoms in total. The molecule has 0 spiro atoms. The molecule has 0 aliphatic heterocycles. The fourth-order valence-corrected chi connectivity index (χ4v) is 0.938. The van der Waals surface area contributed by atoms with Gasteiger partial charge in [0.15, 0.2) is 0 Å². The van der Waals surface area contributed by atoms with Crippen LogP contribution in [0.5, 0.6) is 0 Å². The standard InChI is InChI=1S/C12H18/c1-3-5-7-9-11-12-10-8-6-4-2/h3,9,11H,1,4,6,8,10,12H2,2H3/b11-9+. The smallest absolute Gasteiger partial charge is 0.0155 e. The minimum Gasteiger partial charge on any atom is -0.0906 e. The van der Waals surface area contributed by atoms with Crippen LogP contribution < -0.4 is 0 Å². The molecule has 0 saturated heterocycles. The van der Waals surface area contributed by atoms with Crippen LogP contribution in [0.4, 0.5) is 0 Å². The molecule has 0 amide bonds. The third kappa shape index (κ3) is 9.04. The van der Waals surface area contributed by atoms with Crippen molar-refractivity contribution in [2.75, 3.05) is 0 Å². The van der Waals surface area contributed by atoms with Crippen LogP contribution in [0.3, 0.4) is 0 Å². The summed E-state index contributed by atoms with van der Waals surface area (Å²) >= 11 is 0. The van der Waals surface area contributed by atoms with Gasteiger partial charge in [-0.15, -0.1) is 0 Å². The number of allylic oxidation sites excluding steroid dienone is 3. The maximum atomic E-state index is 3.51. The van der Waals surface area contributed by atoms with Gasteiger partial charge in [-0.05, 0) is 25.0 Å². The van der Waals surface area contributed by atoms with Crippen molar-refractivity contribution in [3.8, 4) is 11.8 Å². The summed E-state index contributed by atoms with van der Waals surface area (Å²) in [6.07, 6.45) is 12.1. The SMILES string of the molecule is C=CC#C/C=C/CCCCCC. The fourth-order valence-electron chi connectivity index (χ4n) is 0.938. The van der Waals surface area contributed by atoms with E-state index in [1.54, 1.807) is 6.08 Å². The van der Waals surface area contributed by atoms with Crippen molar-refractivity contribution in [2.45, 2.75) is 39.0 Å². The molecule has 0 aliphatic carbocycles. The summed E-state index contributed by atoms with van der Waals surface area (Å²) in [6, 6.07) is 0. The Morgan fingerprint density at radius 1 is 1.17 bits per heavy atom. The Kier molecular flexibility index (Phi) is 9.24. The van der Waals surface area contributed by atoms with Gasteiger partial charge in [-0.1, -0.05) is 50.7 Å². The van der Waals surface area contributed by atoms with Gasteiger partial charge in [0.2, 0.25) is 0 Å². The number of unbranched alkanes of at least 4 members (excludes halogenated alkanes) is 4. The lowest BCUT2D eigenvalue weighted by Crippen LogP contribution is -1.72. The van der Waals surface area contributed by atoms with Crippen LogP contribution >= 0.6 is 0 Å². The molecule has 0 unspecified atom stereocenters. The third-order valence-electron chi connectivity index (χ3n) is 1.61. The Hall–Kier alpha value is -0.960. The highest BCUT2D eigenvalue weighted by atomic mass is 13.9. The van der Waals surface area contributed by atoms with Crippen molar-refractivity contribution in [1.29, 1.82) is 0 Å². The number of rotatable bonds is 5. The maximum Gasteiger partial charge on any atom is -0.0155 e. The summed E-state index contributed by atoms with van der Waals surface area (Å²) in [5.74, 6) is 5.65. The van der Waals surface area contributed by atoms with Crippen LogP contribution in [0.15, 0.2) is 24.8 Å². The van der Waals surface area contributed by atoms with E-state index in [9.17, 15) is 0 Å². The van der Waals surface area contributed by atoms with E-state index in [1.165, 1.54) is 25.7 Å². The van der Waals surface area contributed by atoms with Crippen molar-refractivity contribution in [3.63, 3.8) is 0 Å². The van der Waals surface area contributed by atoms with E-state index >= 15 is 0 Å². The summed E-state index contributed by atoms with van der Waals surface area (Å²) in [5.41, 5.74) is 0. The average molecular weight is 162 g/mol. The van der Waals surface area contributed by atoms with E-state index in [1.807, 2.05) is 6.08 Å². The lowest BCUT2D eigenvalue weighted by atomic mass is 10.1.